The average Bonchev–Trinajstić information content (AvgIpc) is 2.92. The van der Waals surface area contributed by atoms with Gasteiger partial charge in [-0.2, -0.15) is 4.68 Å². The summed E-state index contributed by atoms with van der Waals surface area (Å²) in [6.45, 7) is 0.518. The van der Waals surface area contributed by atoms with Crippen LogP contribution in [0.5, 0.6) is 0 Å². The number of para-hydroxylation sites is 1. The van der Waals surface area contributed by atoms with Crippen LogP contribution in [-0.2, 0) is 4.18 Å². The van der Waals surface area contributed by atoms with E-state index in [1.165, 1.54) is 11.8 Å². The molecule has 0 N–H and O–H groups in total. The number of aromatic nitrogens is 4. The van der Waals surface area contributed by atoms with Crippen molar-refractivity contribution in [3.05, 3.63) is 30.3 Å². The average molecular weight is 283 g/mol. The van der Waals surface area contributed by atoms with Gasteiger partial charge in [-0.25, -0.2) is 0 Å². The van der Waals surface area contributed by atoms with Crippen molar-refractivity contribution in [3.63, 3.8) is 0 Å². The third-order valence-corrected chi connectivity index (χ3v) is 3.34. The fraction of sp³-hybridized carbons (Fsp3) is 0.300. The molecule has 0 bridgehead atoms. The van der Waals surface area contributed by atoms with Crippen LogP contribution in [0.4, 0.5) is 0 Å². The molecule has 0 amide bonds. The quantitative estimate of drug-likeness (QED) is 0.312. The topological polar surface area (TPSA) is 52.8 Å². The van der Waals surface area contributed by atoms with Crippen LogP contribution in [0.15, 0.2) is 35.5 Å². The van der Waals surface area contributed by atoms with Gasteiger partial charge < -0.3 is 4.18 Å². The number of tetrazole rings is 1. The first-order valence-electron chi connectivity index (χ1n) is 6.48. The number of hydrogen-bond donors (Lipinski definition) is 0. The number of thioether (sulfide) groups is 1. The molecule has 0 saturated carbocycles. The van der Waals surface area contributed by atoms with Crippen molar-refractivity contribution >= 4 is 31.6 Å². The number of hydrogen-bond acceptors (Lipinski definition) is 6. The first-order chi connectivity index (χ1) is 9.77. The summed E-state index contributed by atoms with van der Waals surface area (Å²) in [6.07, 6.45) is 0. The summed E-state index contributed by atoms with van der Waals surface area (Å²) in [7, 11) is -0.849. The second-order valence-corrected chi connectivity index (χ2v) is 5.03. The second kappa shape index (κ2) is 7.45. The first-order valence-corrected chi connectivity index (χ1v) is 7.22. The van der Waals surface area contributed by atoms with Crippen LogP contribution in [0.2, 0.25) is 0 Å². The molecule has 0 spiro atoms. The lowest BCUT2D eigenvalue weighted by Crippen LogP contribution is -2.00. The molecule has 0 fully saturated rings. The molecule has 0 aliphatic carbocycles. The maximum absolute atomic E-state index is 7.03. The molecular formula is C10H13BN4OS2. The molecule has 0 saturated heterocycles. The monoisotopic (exact) mass is 283 g/mol. The summed E-state index contributed by atoms with van der Waals surface area (Å²) < 4.78 is 21.0. The van der Waals surface area contributed by atoms with Gasteiger partial charge in [0, 0.05) is 5.75 Å². The zero-order valence-corrected chi connectivity index (χ0v) is 11.2. The van der Waals surface area contributed by atoms with E-state index in [1.807, 2.05) is 30.3 Å². The lowest BCUT2D eigenvalue weighted by Gasteiger charge is -2.03. The molecule has 0 aliphatic heterocycles. The summed E-state index contributed by atoms with van der Waals surface area (Å²) in [5.41, 5.74) is 1.27. The van der Waals surface area contributed by atoms with Crippen molar-refractivity contribution in [2.45, 2.75) is 5.16 Å². The molecule has 0 aliphatic rings. The molecule has 18 heavy (non-hydrogen) atoms. The van der Waals surface area contributed by atoms with Crippen LogP contribution in [-0.4, -0.2) is 48.7 Å². The first kappa shape index (κ1) is 10.9. The molecule has 1 heterocycles. The van der Waals surface area contributed by atoms with E-state index in [0.29, 0.717) is 23.2 Å². The molecule has 0 unspecified atom stereocenters. The van der Waals surface area contributed by atoms with Gasteiger partial charge in [-0.05, 0) is 42.9 Å². The zero-order chi connectivity index (χ0) is 14.2. The van der Waals surface area contributed by atoms with Gasteiger partial charge in [0.1, 0.15) is 7.77 Å². The smallest absolute Gasteiger partial charge is 0.214 e. The van der Waals surface area contributed by atoms with Crippen molar-refractivity contribution in [2.24, 2.45) is 0 Å². The third kappa shape index (κ3) is 3.76. The van der Waals surface area contributed by atoms with E-state index in [1.54, 1.807) is 4.68 Å². The molecule has 0 radical (unpaired) electrons. The van der Waals surface area contributed by atoms with E-state index < -0.39 is 7.77 Å². The maximum atomic E-state index is 7.03. The Morgan fingerprint density at radius 1 is 1.50 bits per heavy atom. The van der Waals surface area contributed by atoms with Gasteiger partial charge in [-0.1, -0.05) is 30.0 Å². The van der Waals surface area contributed by atoms with Crippen LogP contribution in [0, 0.1) is 0 Å². The standard InChI is InChI=1S/C10H13BN4OS2/c11-8-18-16-6-7-17-10-12-13-14-15(10)9-4-2-1-3-5-9/h1-5H,6-8,11H2/i11TD. The Labute approximate surface area is 118 Å². The largest absolute Gasteiger partial charge is 0.315 e. The molecule has 0 atom stereocenters. The molecule has 8 heteroatoms. The number of benzene rings is 1. The van der Waals surface area contributed by atoms with Crippen LogP contribution >= 0.6 is 23.8 Å². The summed E-state index contributed by atoms with van der Waals surface area (Å²) >= 11 is 2.65. The third-order valence-electron chi connectivity index (χ3n) is 1.99. The molecule has 2 aromatic rings. The fourth-order valence-corrected chi connectivity index (χ4v) is 2.38. The van der Waals surface area contributed by atoms with E-state index in [-0.39, 0.29) is 0 Å². The Morgan fingerprint density at radius 3 is 3.22 bits per heavy atom. The summed E-state index contributed by atoms with van der Waals surface area (Å²) in [5.74, 6) is 0.709. The van der Waals surface area contributed by atoms with Gasteiger partial charge in [0.15, 0.2) is 0 Å². The predicted octanol–water partition coefficient (Wildman–Crippen LogP) is 1.01. The highest BCUT2D eigenvalue weighted by atomic mass is 32.2. The molecule has 94 valence electrons. The van der Waals surface area contributed by atoms with E-state index in [9.17, 15) is 0 Å². The Kier molecular flexibility index (Phi) is 4.51. The number of rotatable bonds is 8. The molecule has 5 nitrogen and oxygen atoms in total. The minimum atomic E-state index is -0.849. The zero-order valence-electron chi connectivity index (χ0n) is 11.6. The lowest BCUT2D eigenvalue weighted by atomic mass is 10.2. The van der Waals surface area contributed by atoms with Crippen molar-refractivity contribution in [1.82, 2.24) is 20.2 Å². The molecule has 2 rings (SSSR count). The van der Waals surface area contributed by atoms with Crippen molar-refractivity contribution in [3.8, 4) is 5.69 Å². The maximum Gasteiger partial charge on any atom is 0.214 e. The summed E-state index contributed by atoms with van der Waals surface area (Å²) in [6, 6.07) is 9.69. The van der Waals surface area contributed by atoms with Crippen LogP contribution in [0.1, 0.15) is 0 Å². The van der Waals surface area contributed by atoms with Gasteiger partial charge in [-0.3, -0.25) is 0 Å². The Hall–Kier alpha value is -0.985. The van der Waals surface area contributed by atoms with Crippen LogP contribution in [0.25, 0.3) is 5.69 Å². The second-order valence-electron chi connectivity index (χ2n) is 3.16. The van der Waals surface area contributed by atoms with Crippen LogP contribution in [0.3, 0.4) is 0 Å². The predicted molar refractivity (Wildman–Crippen MR) is 76.8 cm³/mol. The van der Waals surface area contributed by atoms with Gasteiger partial charge in [-0.15, -0.1) is 5.10 Å². The van der Waals surface area contributed by atoms with E-state index in [4.69, 9.17) is 6.85 Å². The highest BCUT2D eigenvalue weighted by Crippen LogP contribution is 2.18. The summed E-state index contributed by atoms with van der Waals surface area (Å²) in [5, 5.41) is 12.3. The minimum Gasteiger partial charge on any atom is -0.315 e. The van der Waals surface area contributed by atoms with Crippen molar-refractivity contribution in [2.75, 3.05) is 18.0 Å². The van der Waals surface area contributed by atoms with Crippen molar-refractivity contribution in [1.29, 1.82) is 2.67 Å². The fourth-order valence-electron chi connectivity index (χ4n) is 1.27. The van der Waals surface area contributed by atoms with E-state index in [2.05, 4.69) is 15.5 Å². The van der Waals surface area contributed by atoms with Gasteiger partial charge in [0.25, 0.3) is 0 Å². The van der Waals surface area contributed by atoms with E-state index in [0.717, 1.165) is 17.7 Å². The molecule has 1 aromatic heterocycles. The Balaban J connectivity index is 1.78. The molecular weight excluding hydrogens is 267 g/mol. The SMILES string of the molecule is [2H]B([3H])CSOCCSc1nnnn1-c1ccccc1. The van der Waals surface area contributed by atoms with E-state index >= 15 is 0 Å². The highest BCUT2D eigenvalue weighted by Gasteiger charge is 2.07. The van der Waals surface area contributed by atoms with Gasteiger partial charge in [0.05, 0.1) is 12.3 Å². The Bertz CT molecular complexity index is 517. The lowest BCUT2D eigenvalue weighted by molar-refractivity contribution is 0.407. The molecule has 1 aromatic carbocycles. The minimum absolute atomic E-state index is 0.354. The van der Waals surface area contributed by atoms with Gasteiger partial charge in [0.2, 0.25) is 5.16 Å². The summed E-state index contributed by atoms with van der Waals surface area (Å²) in [4.78, 5) is 0. The van der Waals surface area contributed by atoms with Crippen molar-refractivity contribution < 1.29 is 4.18 Å². The number of nitrogens with zero attached hydrogens (tertiary/aromatic N) is 4. The highest BCUT2D eigenvalue weighted by molar-refractivity contribution is 7.99. The van der Waals surface area contributed by atoms with Gasteiger partial charge >= 0.3 is 0 Å². The Morgan fingerprint density at radius 2 is 2.39 bits per heavy atom. The van der Waals surface area contributed by atoms with Crippen LogP contribution < -0.4 is 0 Å². The normalized spacial score (nSPS) is 12.0.